The molecule has 0 amide bonds. The molecule has 1 aromatic carbocycles. The Morgan fingerprint density at radius 3 is 2.35 bits per heavy atom. The van der Waals surface area contributed by atoms with Crippen molar-refractivity contribution in [2.24, 2.45) is 11.8 Å². The van der Waals surface area contributed by atoms with Crippen molar-refractivity contribution in [3.05, 3.63) is 60.6 Å². The fraction of sp³-hybridized carbons (Fsp3) is 0.429. The van der Waals surface area contributed by atoms with Crippen LogP contribution in [0.15, 0.2) is 65.5 Å². The van der Waals surface area contributed by atoms with E-state index in [0.717, 1.165) is 4.91 Å². The van der Waals surface area contributed by atoms with E-state index in [1.165, 1.54) is 17.0 Å². The third-order valence-electron chi connectivity index (χ3n) is 3.94. The second-order valence-corrected chi connectivity index (χ2v) is 7.75. The number of nitrogens with zero attached hydrogens (tertiary/aromatic N) is 1. The van der Waals surface area contributed by atoms with Gasteiger partial charge in [-0.2, -0.15) is 0 Å². The van der Waals surface area contributed by atoms with Gasteiger partial charge in [-0.1, -0.05) is 76.9 Å². The van der Waals surface area contributed by atoms with Crippen LogP contribution in [0.3, 0.4) is 0 Å². The molecule has 0 fully saturated rings. The van der Waals surface area contributed by atoms with Crippen LogP contribution in [0.5, 0.6) is 0 Å². The molecule has 0 saturated carbocycles. The average molecular weight is 330 g/mol. The van der Waals surface area contributed by atoms with Gasteiger partial charge in [-0.05, 0) is 36.5 Å². The van der Waals surface area contributed by atoms with Crippen LogP contribution in [0.4, 0.5) is 5.69 Å². The zero-order valence-corrected chi connectivity index (χ0v) is 16.1. The highest BCUT2D eigenvalue weighted by Gasteiger charge is 2.22. The maximum Gasteiger partial charge on any atom is 0.0508 e. The summed E-state index contributed by atoms with van der Waals surface area (Å²) in [5, 5.41) is 0. The number of thioether (sulfide) groups is 1. The summed E-state index contributed by atoms with van der Waals surface area (Å²) in [5.74, 6) is 1.30. The molecular formula is C21H31NS. The van der Waals surface area contributed by atoms with Crippen LogP contribution in [0.25, 0.3) is 0 Å². The van der Waals surface area contributed by atoms with Gasteiger partial charge in [0.15, 0.2) is 0 Å². The molecule has 0 saturated heterocycles. The third kappa shape index (κ3) is 5.95. The lowest BCUT2D eigenvalue weighted by atomic mass is 9.93. The number of para-hydroxylation sites is 1. The van der Waals surface area contributed by atoms with Crippen LogP contribution in [-0.2, 0) is 0 Å². The van der Waals surface area contributed by atoms with Crippen molar-refractivity contribution in [2.75, 3.05) is 11.9 Å². The first-order chi connectivity index (χ1) is 10.9. The standard InChI is InChI=1S/C21H31NS/c1-8-12-18(9-2)23-21-14-11-10-13-19(21)22(7)20(17(5)6)15-16(3)4/h8-14,16-17,20H,1-2,15H2,3-7H3/b18-12+. The van der Waals surface area contributed by atoms with Crippen LogP contribution in [0.2, 0.25) is 0 Å². The Balaban J connectivity index is 3.13. The van der Waals surface area contributed by atoms with Gasteiger partial charge in [0.1, 0.15) is 0 Å². The summed E-state index contributed by atoms with van der Waals surface area (Å²) in [4.78, 5) is 4.82. The lowest BCUT2D eigenvalue weighted by Crippen LogP contribution is -2.37. The predicted octanol–water partition coefficient (Wildman–Crippen LogP) is 6.54. The van der Waals surface area contributed by atoms with Gasteiger partial charge in [0.2, 0.25) is 0 Å². The maximum absolute atomic E-state index is 3.90. The van der Waals surface area contributed by atoms with Crippen molar-refractivity contribution < 1.29 is 0 Å². The van der Waals surface area contributed by atoms with Gasteiger partial charge in [0, 0.05) is 22.9 Å². The second kappa shape index (κ2) is 9.67. The lowest BCUT2D eigenvalue weighted by Gasteiger charge is -2.35. The zero-order valence-electron chi connectivity index (χ0n) is 15.3. The molecule has 0 spiro atoms. The van der Waals surface area contributed by atoms with E-state index in [2.05, 4.69) is 77.1 Å². The fourth-order valence-electron chi connectivity index (χ4n) is 2.76. The summed E-state index contributed by atoms with van der Waals surface area (Å²) < 4.78 is 0. The van der Waals surface area contributed by atoms with Crippen LogP contribution in [0, 0.1) is 11.8 Å². The van der Waals surface area contributed by atoms with E-state index in [0.29, 0.717) is 17.9 Å². The normalized spacial score (nSPS) is 13.3. The van der Waals surface area contributed by atoms with Crippen molar-refractivity contribution in [3.8, 4) is 0 Å². The van der Waals surface area contributed by atoms with Gasteiger partial charge in [0.05, 0.1) is 5.69 Å². The van der Waals surface area contributed by atoms with Crippen LogP contribution < -0.4 is 4.90 Å². The Kier molecular flexibility index (Phi) is 8.25. The van der Waals surface area contributed by atoms with E-state index in [4.69, 9.17) is 0 Å². The molecule has 23 heavy (non-hydrogen) atoms. The molecule has 0 aliphatic carbocycles. The van der Waals surface area contributed by atoms with Crippen molar-refractivity contribution in [1.82, 2.24) is 0 Å². The number of benzene rings is 1. The summed E-state index contributed by atoms with van der Waals surface area (Å²) >= 11 is 1.75. The summed E-state index contributed by atoms with van der Waals surface area (Å²) in [7, 11) is 2.22. The van der Waals surface area contributed by atoms with Gasteiger partial charge in [-0.25, -0.2) is 0 Å². The Morgan fingerprint density at radius 2 is 1.83 bits per heavy atom. The second-order valence-electron chi connectivity index (χ2n) is 6.63. The third-order valence-corrected chi connectivity index (χ3v) is 5.04. The zero-order chi connectivity index (χ0) is 17.4. The molecule has 0 N–H and O–H groups in total. The van der Waals surface area contributed by atoms with Crippen molar-refractivity contribution in [2.45, 2.75) is 45.1 Å². The molecule has 0 bridgehead atoms. The molecule has 126 valence electrons. The highest BCUT2D eigenvalue weighted by atomic mass is 32.2. The quantitative estimate of drug-likeness (QED) is 0.374. The molecule has 0 aliphatic rings. The van der Waals surface area contributed by atoms with Crippen LogP contribution in [0.1, 0.15) is 34.1 Å². The maximum atomic E-state index is 3.90. The van der Waals surface area contributed by atoms with Gasteiger partial charge < -0.3 is 4.90 Å². The highest BCUT2D eigenvalue weighted by Crippen LogP contribution is 2.37. The molecule has 0 radical (unpaired) electrons. The first-order valence-electron chi connectivity index (χ1n) is 8.35. The number of allylic oxidation sites excluding steroid dienone is 3. The Hall–Kier alpha value is -1.41. The predicted molar refractivity (Wildman–Crippen MR) is 107 cm³/mol. The molecule has 1 atom stereocenters. The van der Waals surface area contributed by atoms with E-state index < -0.39 is 0 Å². The first-order valence-corrected chi connectivity index (χ1v) is 9.17. The van der Waals surface area contributed by atoms with Gasteiger partial charge in [0.25, 0.3) is 0 Å². The molecular weight excluding hydrogens is 298 g/mol. The Morgan fingerprint density at radius 1 is 1.17 bits per heavy atom. The van der Waals surface area contributed by atoms with Crippen molar-refractivity contribution in [3.63, 3.8) is 0 Å². The van der Waals surface area contributed by atoms with Crippen molar-refractivity contribution >= 4 is 17.4 Å². The highest BCUT2D eigenvalue weighted by molar-refractivity contribution is 8.03. The van der Waals surface area contributed by atoms with Crippen LogP contribution >= 0.6 is 11.8 Å². The summed E-state index contributed by atoms with van der Waals surface area (Å²) in [6.45, 7) is 16.9. The van der Waals surface area contributed by atoms with Gasteiger partial charge in [-0.3, -0.25) is 0 Å². The lowest BCUT2D eigenvalue weighted by molar-refractivity contribution is 0.391. The molecule has 1 unspecified atom stereocenters. The molecule has 1 nitrogen and oxygen atoms in total. The monoisotopic (exact) mass is 329 g/mol. The number of hydrogen-bond acceptors (Lipinski definition) is 2. The molecule has 1 aromatic rings. The van der Waals surface area contributed by atoms with Crippen LogP contribution in [-0.4, -0.2) is 13.1 Å². The van der Waals surface area contributed by atoms with E-state index in [1.54, 1.807) is 11.8 Å². The van der Waals surface area contributed by atoms with Gasteiger partial charge in [-0.15, -0.1) is 0 Å². The minimum atomic E-state index is 0.535. The fourth-order valence-corrected chi connectivity index (χ4v) is 3.73. The summed E-state index contributed by atoms with van der Waals surface area (Å²) in [6.07, 6.45) is 6.90. The molecule has 0 heterocycles. The molecule has 1 rings (SSSR count). The topological polar surface area (TPSA) is 3.24 Å². The number of anilines is 1. The SMILES string of the molecule is C=C/C=C(\C=C)Sc1ccccc1N(C)C(CC(C)C)C(C)C. The van der Waals surface area contributed by atoms with E-state index >= 15 is 0 Å². The Bertz CT molecular complexity index is 543. The molecule has 0 aromatic heterocycles. The number of rotatable bonds is 9. The minimum absolute atomic E-state index is 0.535. The molecule has 2 heteroatoms. The summed E-state index contributed by atoms with van der Waals surface area (Å²) in [6, 6.07) is 9.15. The first kappa shape index (κ1) is 19.6. The summed E-state index contributed by atoms with van der Waals surface area (Å²) in [5.41, 5.74) is 1.29. The largest absolute Gasteiger partial charge is 0.370 e. The number of hydrogen-bond donors (Lipinski definition) is 0. The smallest absolute Gasteiger partial charge is 0.0508 e. The van der Waals surface area contributed by atoms with E-state index in [1.807, 2.05) is 18.2 Å². The minimum Gasteiger partial charge on any atom is -0.370 e. The average Bonchev–Trinajstić information content (AvgIpc) is 2.51. The molecule has 0 aliphatic heterocycles. The van der Waals surface area contributed by atoms with E-state index in [-0.39, 0.29) is 0 Å². The van der Waals surface area contributed by atoms with E-state index in [9.17, 15) is 0 Å². The Labute approximate surface area is 147 Å². The van der Waals surface area contributed by atoms with Crippen molar-refractivity contribution in [1.29, 1.82) is 0 Å². The van der Waals surface area contributed by atoms with Gasteiger partial charge >= 0.3 is 0 Å².